The third-order valence-electron chi connectivity index (χ3n) is 5.09. The third kappa shape index (κ3) is 5.43. The molecule has 148 valence electrons. The third-order valence-corrected chi connectivity index (χ3v) is 5.09. The fourth-order valence-corrected chi connectivity index (χ4v) is 3.66. The predicted molar refractivity (Wildman–Crippen MR) is 101 cm³/mol. The van der Waals surface area contributed by atoms with Gasteiger partial charge in [-0.2, -0.15) is 0 Å². The molecular weight excluding hydrogens is 346 g/mol. The lowest BCUT2D eigenvalue weighted by atomic mass is 9.95. The zero-order valence-corrected chi connectivity index (χ0v) is 15.8. The number of nitrogens with two attached hydrogens (primary N) is 1. The summed E-state index contributed by atoms with van der Waals surface area (Å²) in [5.74, 6) is 0.850. The molecule has 1 aromatic rings. The monoisotopic (exact) mass is 375 g/mol. The van der Waals surface area contributed by atoms with Crippen LogP contribution in [0.3, 0.4) is 0 Å². The van der Waals surface area contributed by atoms with E-state index in [-0.39, 0.29) is 17.7 Å². The molecule has 2 saturated heterocycles. The van der Waals surface area contributed by atoms with E-state index in [1.165, 1.54) is 0 Å². The molecule has 0 unspecified atom stereocenters. The van der Waals surface area contributed by atoms with Crippen LogP contribution in [0.25, 0.3) is 0 Å². The molecule has 2 heterocycles. The summed E-state index contributed by atoms with van der Waals surface area (Å²) >= 11 is 0. The molecule has 2 aliphatic heterocycles. The molecule has 2 N–H and O–H groups in total. The first-order chi connectivity index (χ1) is 13.2. The zero-order valence-electron chi connectivity index (χ0n) is 15.8. The molecule has 2 amide bonds. The van der Waals surface area contributed by atoms with Crippen molar-refractivity contribution in [1.82, 2.24) is 9.80 Å². The van der Waals surface area contributed by atoms with Crippen molar-refractivity contribution in [3.8, 4) is 5.75 Å². The molecule has 2 fully saturated rings. The molecule has 0 radical (unpaired) electrons. The Labute approximate surface area is 160 Å². The van der Waals surface area contributed by atoms with Gasteiger partial charge in [0.25, 0.3) is 0 Å². The Balaban J connectivity index is 1.55. The van der Waals surface area contributed by atoms with Gasteiger partial charge in [0.1, 0.15) is 12.4 Å². The van der Waals surface area contributed by atoms with Gasteiger partial charge in [-0.05, 0) is 30.5 Å². The van der Waals surface area contributed by atoms with Gasteiger partial charge >= 0.3 is 0 Å². The molecule has 1 atom stereocenters. The Hall–Kier alpha value is -2.12. The number of hydrogen-bond donors (Lipinski definition) is 1. The Morgan fingerprint density at radius 3 is 2.78 bits per heavy atom. The first-order valence-corrected chi connectivity index (χ1v) is 9.73. The van der Waals surface area contributed by atoms with Crippen LogP contribution in [-0.4, -0.2) is 74.2 Å². The van der Waals surface area contributed by atoms with Crippen molar-refractivity contribution >= 4 is 11.8 Å². The van der Waals surface area contributed by atoms with Gasteiger partial charge in [-0.3, -0.25) is 9.59 Å². The standard InChI is InChI=1S/C20H29N3O4/c21-6-10-27-18-5-1-3-16(13-18)14-19(24)23-7-2-4-17(15-23)20(25)22-8-11-26-12-9-22/h1,3,5,13,17H,2,4,6-12,14-15,21H2/t17-/m0/s1. The molecule has 7 heteroatoms. The number of nitrogens with zero attached hydrogens (tertiary/aromatic N) is 2. The first-order valence-electron chi connectivity index (χ1n) is 9.73. The van der Waals surface area contributed by atoms with Crippen LogP contribution in [0.5, 0.6) is 5.75 Å². The van der Waals surface area contributed by atoms with E-state index in [9.17, 15) is 9.59 Å². The van der Waals surface area contributed by atoms with Crippen molar-refractivity contribution in [3.63, 3.8) is 0 Å². The maximum atomic E-state index is 12.8. The summed E-state index contributed by atoms with van der Waals surface area (Å²) in [6.45, 7) is 4.64. The fraction of sp³-hybridized carbons (Fsp3) is 0.600. The van der Waals surface area contributed by atoms with E-state index < -0.39 is 0 Å². The van der Waals surface area contributed by atoms with E-state index in [0.29, 0.717) is 52.4 Å². The van der Waals surface area contributed by atoms with Gasteiger partial charge < -0.3 is 25.0 Å². The minimum absolute atomic E-state index is 0.0606. The van der Waals surface area contributed by atoms with Crippen LogP contribution in [0.4, 0.5) is 0 Å². The van der Waals surface area contributed by atoms with Gasteiger partial charge in [-0.15, -0.1) is 0 Å². The number of amides is 2. The molecule has 27 heavy (non-hydrogen) atoms. The average Bonchev–Trinajstić information content (AvgIpc) is 2.72. The van der Waals surface area contributed by atoms with Crippen molar-refractivity contribution in [2.45, 2.75) is 19.3 Å². The SMILES string of the molecule is NCCOc1cccc(CC(=O)N2CCC[C@H](C(=O)N3CCOCC3)C2)c1. The van der Waals surface area contributed by atoms with E-state index in [0.717, 1.165) is 30.7 Å². The Kier molecular flexibility index (Phi) is 7.06. The van der Waals surface area contributed by atoms with E-state index in [1.807, 2.05) is 34.1 Å². The number of carbonyl (C=O) groups excluding carboxylic acids is 2. The highest BCUT2D eigenvalue weighted by Gasteiger charge is 2.31. The van der Waals surface area contributed by atoms with Crippen LogP contribution in [0.1, 0.15) is 18.4 Å². The molecule has 2 aliphatic rings. The van der Waals surface area contributed by atoms with E-state index in [4.69, 9.17) is 15.2 Å². The number of piperidine rings is 1. The number of rotatable bonds is 6. The molecule has 0 bridgehead atoms. The second-order valence-corrected chi connectivity index (χ2v) is 7.08. The second kappa shape index (κ2) is 9.71. The number of carbonyl (C=O) groups is 2. The lowest BCUT2D eigenvalue weighted by molar-refractivity contribution is -0.143. The summed E-state index contributed by atoms with van der Waals surface area (Å²) in [5, 5.41) is 0. The highest BCUT2D eigenvalue weighted by atomic mass is 16.5. The van der Waals surface area contributed by atoms with Crippen molar-refractivity contribution in [3.05, 3.63) is 29.8 Å². The van der Waals surface area contributed by atoms with E-state index in [2.05, 4.69) is 0 Å². The van der Waals surface area contributed by atoms with Gasteiger partial charge in [0.2, 0.25) is 11.8 Å². The lowest BCUT2D eigenvalue weighted by Crippen LogP contribution is -2.49. The Bertz CT molecular complexity index is 646. The second-order valence-electron chi connectivity index (χ2n) is 7.08. The molecule has 0 spiro atoms. The summed E-state index contributed by atoms with van der Waals surface area (Å²) in [6.07, 6.45) is 2.03. The molecule has 3 rings (SSSR count). The Morgan fingerprint density at radius 2 is 2.00 bits per heavy atom. The van der Waals surface area contributed by atoms with Gasteiger partial charge in [0, 0.05) is 32.7 Å². The number of hydrogen-bond acceptors (Lipinski definition) is 5. The van der Waals surface area contributed by atoms with E-state index >= 15 is 0 Å². The van der Waals surface area contributed by atoms with Crippen molar-refractivity contribution < 1.29 is 19.1 Å². The molecule has 1 aromatic carbocycles. The van der Waals surface area contributed by atoms with Crippen LogP contribution in [-0.2, 0) is 20.7 Å². The largest absolute Gasteiger partial charge is 0.492 e. The molecular formula is C20H29N3O4. The van der Waals surface area contributed by atoms with Gasteiger partial charge in [0.15, 0.2) is 0 Å². The Morgan fingerprint density at radius 1 is 1.19 bits per heavy atom. The predicted octanol–water partition coefficient (Wildman–Crippen LogP) is 0.664. The van der Waals surface area contributed by atoms with E-state index in [1.54, 1.807) is 0 Å². The summed E-state index contributed by atoms with van der Waals surface area (Å²) < 4.78 is 10.8. The number of morpholine rings is 1. The molecule has 0 aliphatic carbocycles. The highest BCUT2D eigenvalue weighted by Crippen LogP contribution is 2.21. The maximum Gasteiger partial charge on any atom is 0.227 e. The average molecular weight is 375 g/mol. The molecule has 0 saturated carbocycles. The van der Waals surface area contributed by atoms with Gasteiger partial charge in [0.05, 0.1) is 25.6 Å². The zero-order chi connectivity index (χ0) is 19.1. The quantitative estimate of drug-likeness (QED) is 0.790. The van der Waals surface area contributed by atoms with Crippen LogP contribution >= 0.6 is 0 Å². The topological polar surface area (TPSA) is 85.1 Å². The van der Waals surface area contributed by atoms with Crippen molar-refractivity contribution in [1.29, 1.82) is 0 Å². The maximum absolute atomic E-state index is 12.8. The van der Waals surface area contributed by atoms with Crippen LogP contribution in [0.15, 0.2) is 24.3 Å². The van der Waals surface area contributed by atoms with Crippen LogP contribution in [0, 0.1) is 5.92 Å². The molecule has 7 nitrogen and oxygen atoms in total. The fourth-order valence-electron chi connectivity index (χ4n) is 3.66. The first kappa shape index (κ1) is 19.6. The summed E-state index contributed by atoms with van der Waals surface area (Å²) in [6, 6.07) is 7.55. The minimum atomic E-state index is -0.0972. The number of ether oxygens (including phenoxy) is 2. The van der Waals surface area contributed by atoms with Crippen LogP contribution in [0.2, 0.25) is 0 Å². The molecule has 0 aromatic heterocycles. The summed E-state index contributed by atoms with van der Waals surface area (Å²) in [7, 11) is 0. The lowest BCUT2D eigenvalue weighted by Gasteiger charge is -2.36. The summed E-state index contributed by atoms with van der Waals surface area (Å²) in [4.78, 5) is 29.2. The highest BCUT2D eigenvalue weighted by molar-refractivity contribution is 5.82. The van der Waals surface area contributed by atoms with Crippen molar-refractivity contribution in [2.24, 2.45) is 11.7 Å². The van der Waals surface area contributed by atoms with Crippen molar-refractivity contribution in [2.75, 3.05) is 52.5 Å². The normalized spacial score (nSPS) is 20.4. The van der Waals surface area contributed by atoms with Crippen LogP contribution < -0.4 is 10.5 Å². The van der Waals surface area contributed by atoms with Gasteiger partial charge in [-0.1, -0.05) is 12.1 Å². The summed E-state index contributed by atoms with van der Waals surface area (Å²) in [5.41, 5.74) is 6.37. The number of likely N-dealkylation sites (tertiary alicyclic amines) is 1. The smallest absolute Gasteiger partial charge is 0.227 e. The van der Waals surface area contributed by atoms with Gasteiger partial charge in [-0.25, -0.2) is 0 Å². The minimum Gasteiger partial charge on any atom is -0.492 e. The number of benzene rings is 1.